The van der Waals surface area contributed by atoms with Gasteiger partial charge in [-0.1, -0.05) is 26.0 Å². The molecule has 0 radical (unpaired) electrons. The Kier molecular flexibility index (Phi) is 6.56. The summed E-state index contributed by atoms with van der Waals surface area (Å²) in [5.74, 6) is 0.399. The van der Waals surface area contributed by atoms with Gasteiger partial charge in [0.15, 0.2) is 12.6 Å². The zero-order valence-corrected chi connectivity index (χ0v) is 14.4. The second-order valence-corrected chi connectivity index (χ2v) is 6.30. The number of amides is 2. The molecule has 5 nitrogen and oxygen atoms in total. The Hall–Kier alpha value is -1.88. The third kappa shape index (κ3) is 5.15. The summed E-state index contributed by atoms with van der Waals surface area (Å²) >= 11 is 0. The summed E-state index contributed by atoms with van der Waals surface area (Å²) < 4.78 is 0. The zero-order chi connectivity index (χ0) is 16.9. The molecule has 0 aromatic heterocycles. The molecule has 2 N–H and O–H groups in total. The van der Waals surface area contributed by atoms with Crippen LogP contribution in [0, 0.1) is 0 Å². The smallest absolute Gasteiger partial charge is 0.282 e. The van der Waals surface area contributed by atoms with Crippen LogP contribution < -0.4 is 10.2 Å². The van der Waals surface area contributed by atoms with Gasteiger partial charge in [-0.15, -0.1) is 0 Å². The highest BCUT2D eigenvalue weighted by Gasteiger charge is 2.24. The number of benzene rings is 1. The van der Waals surface area contributed by atoms with Crippen molar-refractivity contribution >= 4 is 17.5 Å². The van der Waals surface area contributed by atoms with Crippen molar-refractivity contribution in [1.82, 2.24) is 4.90 Å². The monoisotopic (exact) mass is 306 g/mol. The largest absolute Gasteiger partial charge is 0.344 e. The van der Waals surface area contributed by atoms with Crippen LogP contribution in [-0.2, 0) is 9.59 Å². The SMILES string of the molecule is CC(C)c1ccc(NC(=O)[C@@H](C)[NH+](C)CC(=O)N(C)C)cc1. The first kappa shape index (κ1) is 18.2. The van der Waals surface area contributed by atoms with E-state index in [-0.39, 0.29) is 17.9 Å². The number of carbonyl (C=O) groups excluding carboxylic acids is 2. The fourth-order valence-electron chi connectivity index (χ4n) is 1.98. The number of hydrogen-bond acceptors (Lipinski definition) is 2. The Morgan fingerprint density at radius 2 is 1.68 bits per heavy atom. The average Bonchev–Trinajstić information content (AvgIpc) is 2.46. The highest BCUT2D eigenvalue weighted by Crippen LogP contribution is 2.17. The predicted octanol–water partition coefficient (Wildman–Crippen LogP) is 0.740. The first-order chi connectivity index (χ1) is 10.2. The molecule has 0 bridgehead atoms. The van der Waals surface area contributed by atoms with Gasteiger partial charge in [0.1, 0.15) is 0 Å². The number of rotatable bonds is 6. The van der Waals surface area contributed by atoms with Gasteiger partial charge in [0.05, 0.1) is 7.05 Å². The van der Waals surface area contributed by atoms with E-state index in [9.17, 15) is 9.59 Å². The van der Waals surface area contributed by atoms with Crippen LogP contribution >= 0.6 is 0 Å². The Morgan fingerprint density at radius 1 is 1.14 bits per heavy atom. The number of quaternary nitrogens is 1. The molecule has 1 rings (SSSR count). The highest BCUT2D eigenvalue weighted by molar-refractivity contribution is 5.93. The zero-order valence-electron chi connectivity index (χ0n) is 14.4. The molecule has 2 amide bonds. The Bertz CT molecular complexity index is 509. The molecule has 1 aromatic carbocycles. The third-order valence-corrected chi connectivity index (χ3v) is 3.91. The van der Waals surface area contributed by atoms with Crippen LogP contribution in [0.3, 0.4) is 0 Å². The van der Waals surface area contributed by atoms with E-state index in [0.717, 1.165) is 10.6 Å². The quantitative estimate of drug-likeness (QED) is 0.814. The van der Waals surface area contributed by atoms with Gasteiger partial charge in [-0.05, 0) is 30.5 Å². The molecule has 0 saturated carbocycles. The van der Waals surface area contributed by atoms with E-state index in [0.29, 0.717) is 12.5 Å². The minimum Gasteiger partial charge on any atom is -0.344 e. The second kappa shape index (κ2) is 7.94. The van der Waals surface area contributed by atoms with Gasteiger partial charge in [-0.25, -0.2) is 0 Å². The van der Waals surface area contributed by atoms with Crippen LogP contribution in [0.25, 0.3) is 0 Å². The summed E-state index contributed by atoms with van der Waals surface area (Å²) in [5.41, 5.74) is 2.03. The van der Waals surface area contributed by atoms with Gasteiger partial charge in [0, 0.05) is 19.8 Å². The lowest BCUT2D eigenvalue weighted by molar-refractivity contribution is -0.886. The van der Waals surface area contributed by atoms with Crippen LogP contribution in [0.2, 0.25) is 0 Å². The van der Waals surface area contributed by atoms with Gasteiger partial charge in [-0.2, -0.15) is 0 Å². The molecule has 22 heavy (non-hydrogen) atoms. The maximum atomic E-state index is 12.3. The molecule has 0 heterocycles. The molecule has 0 aliphatic heterocycles. The van der Waals surface area contributed by atoms with Crippen LogP contribution in [0.1, 0.15) is 32.3 Å². The minimum atomic E-state index is -0.298. The molecule has 122 valence electrons. The third-order valence-electron chi connectivity index (χ3n) is 3.91. The summed E-state index contributed by atoms with van der Waals surface area (Å²) in [6, 6.07) is 7.59. The van der Waals surface area contributed by atoms with E-state index in [2.05, 4.69) is 19.2 Å². The maximum Gasteiger partial charge on any atom is 0.282 e. The second-order valence-electron chi connectivity index (χ2n) is 6.30. The van der Waals surface area contributed by atoms with Crippen LogP contribution in [0.4, 0.5) is 5.69 Å². The topological polar surface area (TPSA) is 53.9 Å². The van der Waals surface area contributed by atoms with Crippen LogP contribution in [-0.4, -0.2) is 50.4 Å². The fourth-order valence-corrected chi connectivity index (χ4v) is 1.98. The molecular formula is C17H28N3O2+. The van der Waals surface area contributed by atoms with Crippen molar-refractivity contribution in [3.05, 3.63) is 29.8 Å². The number of nitrogens with one attached hydrogen (secondary N) is 2. The fraction of sp³-hybridized carbons (Fsp3) is 0.529. The van der Waals surface area contributed by atoms with Gasteiger partial charge in [0.2, 0.25) is 0 Å². The van der Waals surface area contributed by atoms with Crippen molar-refractivity contribution in [2.24, 2.45) is 0 Å². The van der Waals surface area contributed by atoms with Gasteiger partial charge in [-0.3, -0.25) is 9.59 Å². The predicted molar refractivity (Wildman–Crippen MR) is 89.1 cm³/mol. The van der Waals surface area contributed by atoms with Crippen molar-refractivity contribution in [2.75, 3.05) is 33.0 Å². The lowest BCUT2D eigenvalue weighted by atomic mass is 10.0. The summed E-state index contributed by atoms with van der Waals surface area (Å²) in [6.07, 6.45) is 0. The lowest BCUT2D eigenvalue weighted by Crippen LogP contribution is -3.15. The average molecular weight is 306 g/mol. The molecule has 2 atom stereocenters. The lowest BCUT2D eigenvalue weighted by Gasteiger charge is -2.22. The van der Waals surface area contributed by atoms with Crippen molar-refractivity contribution in [3.63, 3.8) is 0 Å². The molecular weight excluding hydrogens is 278 g/mol. The number of nitrogens with zero attached hydrogens (tertiary/aromatic N) is 1. The summed E-state index contributed by atoms with van der Waals surface area (Å²) in [6.45, 7) is 6.40. The van der Waals surface area contributed by atoms with Crippen LogP contribution in [0.5, 0.6) is 0 Å². The summed E-state index contributed by atoms with van der Waals surface area (Å²) in [5, 5.41) is 2.91. The van der Waals surface area contributed by atoms with E-state index >= 15 is 0 Å². The number of hydrogen-bond donors (Lipinski definition) is 2. The van der Waals surface area contributed by atoms with Crippen LogP contribution in [0.15, 0.2) is 24.3 Å². The summed E-state index contributed by atoms with van der Waals surface area (Å²) in [4.78, 5) is 26.4. The van der Waals surface area contributed by atoms with Crippen molar-refractivity contribution < 1.29 is 14.5 Å². The van der Waals surface area contributed by atoms with E-state index < -0.39 is 0 Å². The van der Waals surface area contributed by atoms with Crippen molar-refractivity contribution in [2.45, 2.75) is 32.7 Å². The number of carbonyl (C=O) groups is 2. The standard InChI is InChI=1S/C17H27N3O2/c1-12(2)14-7-9-15(10-8-14)18-17(22)13(3)20(6)11-16(21)19(4)5/h7-10,12-13H,11H2,1-6H3,(H,18,22)/p+1/t13-/m1/s1. The van der Waals surface area contributed by atoms with E-state index in [1.54, 1.807) is 19.0 Å². The molecule has 1 aromatic rings. The van der Waals surface area contributed by atoms with Gasteiger partial charge >= 0.3 is 0 Å². The Labute approximate surface area is 133 Å². The number of anilines is 1. The molecule has 0 aliphatic rings. The first-order valence-electron chi connectivity index (χ1n) is 7.65. The van der Waals surface area contributed by atoms with Gasteiger partial charge in [0.25, 0.3) is 11.8 Å². The molecule has 1 unspecified atom stereocenters. The highest BCUT2D eigenvalue weighted by atomic mass is 16.2. The molecule has 0 spiro atoms. The van der Waals surface area contributed by atoms with E-state index in [1.807, 2.05) is 38.2 Å². The maximum absolute atomic E-state index is 12.3. The minimum absolute atomic E-state index is 0.0124. The molecule has 0 fully saturated rings. The van der Waals surface area contributed by atoms with E-state index in [1.165, 1.54) is 5.56 Å². The summed E-state index contributed by atoms with van der Waals surface area (Å²) in [7, 11) is 5.29. The van der Waals surface area contributed by atoms with Crippen molar-refractivity contribution in [3.8, 4) is 0 Å². The number of likely N-dealkylation sites (N-methyl/N-ethyl adjacent to an activating group) is 2. The van der Waals surface area contributed by atoms with Crippen molar-refractivity contribution in [1.29, 1.82) is 0 Å². The van der Waals surface area contributed by atoms with Gasteiger partial charge < -0.3 is 15.1 Å². The molecule has 0 aliphatic carbocycles. The first-order valence-corrected chi connectivity index (χ1v) is 7.65. The normalized spacial score (nSPS) is 13.6. The Balaban J connectivity index is 2.61. The molecule has 5 heteroatoms. The Morgan fingerprint density at radius 3 is 2.14 bits per heavy atom. The molecule has 0 saturated heterocycles. The van der Waals surface area contributed by atoms with E-state index in [4.69, 9.17) is 0 Å².